The topological polar surface area (TPSA) is 29.0 Å². The summed E-state index contributed by atoms with van der Waals surface area (Å²) in [5.41, 5.74) is 0. The molecule has 3 heteroatoms. The van der Waals surface area contributed by atoms with Gasteiger partial charge in [0.2, 0.25) is 0 Å². The van der Waals surface area contributed by atoms with Crippen molar-refractivity contribution in [2.24, 2.45) is 0 Å². The molecule has 1 atom stereocenters. The predicted octanol–water partition coefficient (Wildman–Crippen LogP) is 0.777. The summed E-state index contributed by atoms with van der Waals surface area (Å²) < 4.78 is 3.53. The van der Waals surface area contributed by atoms with Gasteiger partial charge in [-0.3, -0.25) is 0 Å². The Morgan fingerprint density at radius 2 is 2.55 bits per heavy atom. The fraction of sp³-hybridized carbons (Fsp3) is 0.375. The Kier molecular flexibility index (Phi) is 2.44. The van der Waals surface area contributed by atoms with E-state index in [4.69, 9.17) is 0 Å². The quantitative estimate of drug-likeness (QED) is 0.639. The van der Waals surface area contributed by atoms with Gasteiger partial charge in [0.05, 0.1) is 6.20 Å². The molecule has 1 N–H and O–H groups in total. The fourth-order valence-electron chi connectivity index (χ4n) is 0.880. The summed E-state index contributed by atoms with van der Waals surface area (Å²) in [7, 11) is 0. The van der Waals surface area contributed by atoms with Gasteiger partial charge >= 0.3 is 0 Å². The van der Waals surface area contributed by atoms with Crippen LogP contribution in [0.25, 0.3) is 6.20 Å². The molecular weight excluding hydrogens is 140 g/mol. The molecule has 11 heavy (non-hydrogen) atoms. The minimum absolute atomic E-state index is 0.420. The van der Waals surface area contributed by atoms with Gasteiger partial charge in [-0.25, -0.2) is 9.13 Å². The Morgan fingerprint density at radius 3 is 3.00 bits per heavy atom. The third kappa shape index (κ3) is 1.68. The van der Waals surface area contributed by atoms with E-state index in [0.29, 0.717) is 6.42 Å². The summed E-state index contributed by atoms with van der Waals surface area (Å²) >= 11 is 0. The lowest BCUT2D eigenvalue weighted by Crippen LogP contribution is -2.36. The van der Waals surface area contributed by atoms with Gasteiger partial charge in [0.1, 0.15) is 12.4 Å². The number of aliphatic hydroxyl groups excluding tert-OH is 1. The molecule has 1 aromatic heterocycles. The van der Waals surface area contributed by atoms with Crippen LogP contribution in [0.5, 0.6) is 0 Å². The molecule has 60 valence electrons. The summed E-state index contributed by atoms with van der Waals surface area (Å²) in [6, 6.07) is 0. The highest BCUT2D eigenvalue weighted by molar-refractivity contribution is 5.13. The summed E-state index contributed by atoms with van der Waals surface area (Å²) in [4.78, 5) is 0. The number of aromatic nitrogens is 2. The van der Waals surface area contributed by atoms with Crippen molar-refractivity contribution in [3.63, 3.8) is 0 Å². The minimum atomic E-state index is -0.420. The number of aliphatic hydroxyl groups is 1. The van der Waals surface area contributed by atoms with Gasteiger partial charge in [-0.2, -0.15) is 0 Å². The molecule has 0 aliphatic carbocycles. The Balaban J connectivity index is 2.79. The Hall–Kier alpha value is -1.09. The minimum Gasteiger partial charge on any atom is -0.355 e. The van der Waals surface area contributed by atoms with Gasteiger partial charge in [-0.05, 0) is 0 Å². The average Bonchev–Trinajstić information content (AvgIpc) is 2.50. The molecule has 1 heterocycles. The van der Waals surface area contributed by atoms with Gasteiger partial charge in [-0.1, -0.05) is 13.5 Å². The third-order valence-corrected chi connectivity index (χ3v) is 1.60. The van der Waals surface area contributed by atoms with Crippen molar-refractivity contribution >= 4 is 6.20 Å². The lowest BCUT2D eigenvalue weighted by atomic mass is 10.4. The smallest absolute Gasteiger partial charge is 0.250 e. The first kappa shape index (κ1) is 8.01. The zero-order valence-corrected chi connectivity index (χ0v) is 6.64. The molecule has 0 radical (unpaired) electrons. The molecule has 0 fully saturated rings. The van der Waals surface area contributed by atoms with Crippen LogP contribution >= 0.6 is 0 Å². The first-order chi connectivity index (χ1) is 5.27. The number of nitrogens with zero attached hydrogens (tertiary/aromatic N) is 2. The van der Waals surface area contributed by atoms with E-state index in [0.717, 1.165) is 0 Å². The molecule has 0 saturated heterocycles. The van der Waals surface area contributed by atoms with Crippen molar-refractivity contribution in [3.05, 3.63) is 25.3 Å². The van der Waals surface area contributed by atoms with Crippen LogP contribution in [0, 0.1) is 0 Å². The van der Waals surface area contributed by atoms with E-state index in [9.17, 15) is 5.11 Å². The van der Waals surface area contributed by atoms with Crippen LogP contribution in [-0.2, 0) is 0 Å². The van der Waals surface area contributed by atoms with E-state index in [1.165, 1.54) is 0 Å². The lowest BCUT2D eigenvalue weighted by Gasteiger charge is -2.00. The van der Waals surface area contributed by atoms with Crippen LogP contribution in [0.2, 0.25) is 0 Å². The second-order valence-corrected chi connectivity index (χ2v) is 2.38. The van der Waals surface area contributed by atoms with Crippen molar-refractivity contribution in [1.82, 2.24) is 4.57 Å². The maximum Gasteiger partial charge on any atom is 0.250 e. The van der Waals surface area contributed by atoms with Crippen LogP contribution in [0.3, 0.4) is 0 Å². The normalized spacial score (nSPS) is 12.9. The molecule has 0 aliphatic rings. The van der Waals surface area contributed by atoms with Crippen LogP contribution in [-0.4, -0.2) is 9.67 Å². The van der Waals surface area contributed by atoms with E-state index in [1.54, 1.807) is 21.7 Å². The number of hydrogen-bond acceptors (Lipinski definition) is 1. The third-order valence-electron chi connectivity index (χ3n) is 1.60. The van der Waals surface area contributed by atoms with E-state index in [-0.39, 0.29) is 0 Å². The first-order valence-corrected chi connectivity index (χ1v) is 3.66. The van der Waals surface area contributed by atoms with Gasteiger partial charge < -0.3 is 5.11 Å². The van der Waals surface area contributed by atoms with Gasteiger partial charge in [0.25, 0.3) is 6.33 Å². The van der Waals surface area contributed by atoms with E-state index in [2.05, 4.69) is 6.58 Å². The van der Waals surface area contributed by atoms with Crippen LogP contribution in [0.15, 0.2) is 25.3 Å². The standard InChI is InChI=1S/C8H13N2O/c1-3-8(11)10-6-5-9(4-2)7-10/h4-8,11H,2-3H2,1H3/q+1. The van der Waals surface area contributed by atoms with Crippen LogP contribution in [0.1, 0.15) is 19.6 Å². The van der Waals surface area contributed by atoms with Crippen molar-refractivity contribution < 1.29 is 9.67 Å². The Bertz CT molecular complexity index is 242. The average molecular weight is 153 g/mol. The first-order valence-electron chi connectivity index (χ1n) is 3.66. The zero-order valence-electron chi connectivity index (χ0n) is 6.64. The molecule has 3 nitrogen and oxygen atoms in total. The van der Waals surface area contributed by atoms with Crippen molar-refractivity contribution in [3.8, 4) is 0 Å². The van der Waals surface area contributed by atoms with E-state index >= 15 is 0 Å². The van der Waals surface area contributed by atoms with Crippen molar-refractivity contribution in [1.29, 1.82) is 0 Å². The molecule has 0 amide bonds. The number of hydrogen-bond donors (Lipinski definition) is 1. The summed E-state index contributed by atoms with van der Waals surface area (Å²) in [5, 5.41) is 9.35. The summed E-state index contributed by atoms with van der Waals surface area (Å²) in [6.07, 6.45) is 7.42. The highest BCUT2D eigenvalue weighted by Gasteiger charge is 2.08. The molecule has 1 unspecified atom stereocenters. The molecule has 1 rings (SSSR count). The number of rotatable bonds is 3. The van der Waals surface area contributed by atoms with Crippen LogP contribution < -0.4 is 4.57 Å². The van der Waals surface area contributed by atoms with Crippen LogP contribution in [0.4, 0.5) is 0 Å². The van der Waals surface area contributed by atoms with E-state index in [1.807, 2.05) is 19.3 Å². The summed E-state index contributed by atoms with van der Waals surface area (Å²) in [6.45, 7) is 5.53. The number of imidazole rings is 1. The Labute approximate surface area is 66.2 Å². The SMILES string of the molecule is C=Cn1cc[n+](C(O)CC)c1. The Morgan fingerprint density at radius 1 is 1.82 bits per heavy atom. The largest absolute Gasteiger partial charge is 0.355 e. The summed E-state index contributed by atoms with van der Waals surface area (Å²) in [5.74, 6) is 0. The maximum atomic E-state index is 9.35. The molecule has 0 bridgehead atoms. The van der Waals surface area contributed by atoms with E-state index < -0.39 is 6.23 Å². The molecule has 0 aromatic carbocycles. The monoisotopic (exact) mass is 153 g/mol. The maximum absolute atomic E-state index is 9.35. The second kappa shape index (κ2) is 3.34. The lowest BCUT2D eigenvalue weighted by molar-refractivity contribution is -0.759. The molecule has 1 aromatic rings. The predicted molar refractivity (Wildman–Crippen MR) is 42.6 cm³/mol. The van der Waals surface area contributed by atoms with Crippen molar-refractivity contribution in [2.75, 3.05) is 0 Å². The van der Waals surface area contributed by atoms with Crippen molar-refractivity contribution in [2.45, 2.75) is 19.6 Å². The van der Waals surface area contributed by atoms with Gasteiger partial charge in [0.15, 0.2) is 6.23 Å². The highest BCUT2D eigenvalue weighted by atomic mass is 16.3. The molecule has 0 spiro atoms. The molecule has 0 saturated carbocycles. The molecular formula is C8H13N2O+. The van der Waals surface area contributed by atoms with Gasteiger partial charge in [0, 0.05) is 6.42 Å². The zero-order chi connectivity index (χ0) is 8.27. The molecule has 0 aliphatic heterocycles. The fourth-order valence-corrected chi connectivity index (χ4v) is 0.880. The van der Waals surface area contributed by atoms with Gasteiger partial charge in [-0.15, -0.1) is 0 Å². The second-order valence-electron chi connectivity index (χ2n) is 2.38. The highest BCUT2D eigenvalue weighted by Crippen LogP contribution is 1.95.